The van der Waals surface area contributed by atoms with Crippen molar-refractivity contribution < 1.29 is 19.1 Å². The number of imide groups is 1. The van der Waals surface area contributed by atoms with Gasteiger partial charge in [-0.1, -0.05) is 32.0 Å². The average Bonchev–Trinajstić information content (AvgIpc) is 2.97. The molecule has 0 aliphatic carbocycles. The molecule has 2 amide bonds. The minimum atomic E-state index is -0.319. The van der Waals surface area contributed by atoms with Gasteiger partial charge in [-0.05, 0) is 42.7 Å². The fourth-order valence-electron chi connectivity index (χ4n) is 3.17. The van der Waals surface area contributed by atoms with E-state index < -0.39 is 0 Å². The number of amides is 2. The SMILES string of the molecule is CCCOc1ccc(C2=C(Nc3cccc(OC)c3)C(=O)N(CCC)C2=O)cc1. The first-order valence-corrected chi connectivity index (χ1v) is 9.83. The molecule has 29 heavy (non-hydrogen) atoms. The normalized spacial score (nSPS) is 13.8. The van der Waals surface area contributed by atoms with E-state index in [9.17, 15) is 9.59 Å². The molecule has 0 saturated heterocycles. The fraction of sp³-hybridized carbons (Fsp3) is 0.304. The second kappa shape index (κ2) is 9.28. The molecule has 0 atom stereocenters. The van der Waals surface area contributed by atoms with Gasteiger partial charge >= 0.3 is 0 Å². The van der Waals surface area contributed by atoms with Crippen molar-refractivity contribution in [3.05, 3.63) is 59.8 Å². The minimum Gasteiger partial charge on any atom is -0.497 e. The van der Waals surface area contributed by atoms with Crippen molar-refractivity contribution in [3.63, 3.8) is 0 Å². The zero-order valence-electron chi connectivity index (χ0n) is 17.0. The van der Waals surface area contributed by atoms with Gasteiger partial charge in [0.05, 0.1) is 19.3 Å². The summed E-state index contributed by atoms with van der Waals surface area (Å²) in [4.78, 5) is 27.3. The Morgan fingerprint density at radius 2 is 1.69 bits per heavy atom. The van der Waals surface area contributed by atoms with Gasteiger partial charge in [-0.2, -0.15) is 0 Å². The molecule has 0 unspecified atom stereocenters. The number of hydrogen-bond donors (Lipinski definition) is 1. The number of anilines is 1. The van der Waals surface area contributed by atoms with Gasteiger partial charge in [0.2, 0.25) is 0 Å². The summed E-state index contributed by atoms with van der Waals surface area (Å²) in [6, 6.07) is 14.5. The second-order valence-corrected chi connectivity index (χ2v) is 6.74. The topological polar surface area (TPSA) is 67.9 Å². The number of rotatable bonds is 9. The molecule has 3 rings (SSSR count). The van der Waals surface area contributed by atoms with E-state index in [4.69, 9.17) is 9.47 Å². The molecule has 0 aromatic heterocycles. The molecular formula is C23H26N2O4. The highest BCUT2D eigenvalue weighted by atomic mass is 16.5. The Kier molecular flexibility index (Phi) is 6.54. The van der Waals surface area contributed by atoms with Crippen LogP contribution in [-0.2, 0) is 9.59 Å². The Balaban J connectivity index is 1.98. The van der Waals surface area contributed by atoms with Gasteiger partial charge in [0, 0.05) is 18.3 Å². The lowest BCUT2D eigenvalue weighted by Crippen LogP contribution is -2.33. The largest absolute Gasteiger partial charge is 0.497 e. The molecule has 1 aliphatic heterocycles. The van der Waals surface area contributed by atoms with E-state index in [0.717, 1.165) is 12.2 Å². The van der Waals surface area contributed by atoms with Crippen LogP contribution in [0.15, 0.2) is 54.2 Å². The minimum absolute atomic E-state index is 0.277. The first kappa shape index (κ1) is 20.5. The molecule has 0 spiro atoms. The molecule has 6 nitrogen and oxygen atoms in total. The van der Waals surface area contributed by atoms with Crippen molar-refractivity contribution in [2.24, 2.45) is 0 Å². The summed E-state index contributed by atoms with van der Waals surface area (Å²) in [5, 5.41) is 3.14. The number of carbonyl (C=O) groups is 2. The molecule has 1 aliphatic rings. The summed E-state index contributed by atoms with van der Waals surface area (Å²) in [5.74, 6) is 0.794. The third kappa shape index (κ3) is 4.42. The van der Waals surface area contributed by atoms with E-state index in [0.29, 0.717) is 42.1 Å². The van der Waals surface area contributed by atoms with Gasteiger partial charge in [-0.15, -0.1) is 0 Å². The number of methoxy groups -OCH3 is 1. The molecule has 0 bridgehead atoms. The smallest absolute Gasteiger partial charge is 0.278 e. The maximum absolute atomic E-state index is 13.0. The summed E-state index contributed by atoms with van der Waals surface area (Å²) in [6.45, 7) is 4.99. The lowest BCUT2D eigenvalue weighted by Gasteiger charge is -2.14. The number of nitrogens with zero attached hydrogens (tertiary/aromatic N) is 1. The van der Waals surface area contributed by atoms with Crippen LogP contribution >= 0.6 is 0 Å². The van der Waals surface area contributed by atoms with Crippen molar-refractivity contribution in [1.82, 2.24) is 4.90 Å². The molecule has 0 fully saturated rings. The Labute approximate surface area is 171 Å². The monoisotopic (exact) mass is 394 g/mol. The van der Waals surface area contributed by atoms with Crippen LogP contribution in [0.4, 0.5) is 5.69 Å². The standard InChI is InChI=1S/C23H26N2O4/c1-4-13-25-22(26)20(16-9-11-18(12-10-16)29-14-5-2)21(23(25)27)24-17-7-6-8-19(15-17)28-3/h6-12,15,24H,4-5,13-14H2,1-3H3. The molecule has 0 radical (unpaired) electrons. The Morgan fingerprint density at radius 1 is 0.931 bits per heavy atom. The number of nitrogens with one attached hydrogen (secondary N) is 1. The van der Waals surface area contributed by atoms with Crippen LogP contribution in [-0.4, -0.2) is 37.0 Å². The van der Waals surface area contributed by atoms with Crippen LogP contribution in [0.3, 0.4) is 0 Å². The molecule has 1 N–H and O–H groups in total. The number of ether oxygens (including phenoxy) is 2. The molecule has 6 heteroatoms. The van der Waals surface area contributed by atoms with Crippen molar-refractivity contribution >= 4 is 23.1 Å². The zero-order valence-corrected chi connectivity index (χ0v) is 17.0. The quantitative estimate of drug-likeness (QED) is 0.649. The molecule has 2 aromatic rings. The predicted molar refractivity (Wildman–Crippen MR) is 113 cm³/mol. The van der Waals surface area contributed by atoms with E-state index in [1.54, 1.807) is 13.2 Å². The summed E-state index contributed by atoms with van der Waals surface area (Å²) >= 11 is 0. The Hall–Kier alpha value is -3.28. The van der Waals surface area contributed by atoms with Crippen molar-refractivity contribution in [2.45, 2.75) is 26.7 Å². The predicted octanol–water partition coefficient (Wildman–Crippen LogP) is 4.09. The van der Waals surface area contributed by atoms with Crippen LogP contribution in [0, 0.1) is 0 Å². The van der Waals surface area contributed by atoms with Crippen LogP contribution in [0.1, 0.15) is 32.3 Å². The van der Waals surface area contributed by atoms with Gasteiger partial charge < -0.3 is 14.8 Å². The first-order chi connectivity index (χ1) is 14.1. The highest BCUT2D eigenvalue weighted by Gasteiger charge is 2.38. The van der Waals surface area contributed by atoms with Crippen molar-refractivity contribution in [3.8, 4) is 11.5 Å². The highest BCUT2D eigenvalue weighted by Crippen LogP contribution is 2.32. The fourth-order valence-corrected chi connectivity index (χ4v) is 3.17. The maximum Gasteiger partial charge on any atom is 0.278 e. The average molecular weight is 394 g/mol. The van der Waals surface area contributed by atoms with Gasteiger partial charge in [0.15, 0.2) is 0 Å². The number of hydrogen-bond acceptors (Lipinski definition) is 5. The van der Waals surface area contributed by atoms with Crippen molar-refractivity contribution in [2.75, 3.05) is 25.6 Å². The van der Waals surface area contributed by atoms with Crippen LogP contribution in [0.25, 0.3) is 5.57 Å². The Bertz CT molecular complexity index is 919. The molecule has 152 valence electrons. The van der Waals surface area contributed by atoms with E-state index in [2.05, 4.69) is 5.32 Å². The van der Waals surface area contributed by atoms with E-state index in [-0.39, 0.29) is 17.5 Å². The molecule has 2 aromatic carbocycles. The summed E-state index contributed by atoms with van der Waals surface area (Å²) < 4.78 is 10.9. The van der Waals surface area contributed by atoms with Crippen LogP contribution in [0.5, 0.6) is 11.5 Å². The molecule has 0 saturated carbocycles. The van der Waals surface area contributed by atoms with Crippen molar-refractivity contribution in [1.29, 1.82) is 0 Å². The second-order valence-electron chi connectivity index (χ2n) is 6.74. The Morgan fingerprint density at radius 3 is 2.34 bits per heavy atom. The lowest BCUT2D eigenvalue weighted by atomic mass is 10.0. The van der Waals surface area contributed by atoms with E-state index >= 15 is 0 Å². The van der Waals surface area contributed by atoms with Crippen LogP contribution in [0.2, 0.25) is 0 Å². The first-order valence-electron chi connectivity index (χ1n) is 9.83. The highest BCUT2D eigenvalue weighted by molar-refractivity contribution is 6.36. The van der Waals surface area contributed by atoms with Gasteiger partial charge in [-0.25, -0.2) is 0 Å². The third-order valence-electron chi connectivity index (χ3n) is 4.57. The van der Waals surface area contributed by atoms with Crippen LogP contribution < -0.4 is 14.8 Å². The maximum atomic E-state index is 13.0. The summed E-state index contributed by atoms with van der Waals surface area (Å²) in [6.07, 6.45) is 1.61. The molecule has 1 heterocycles. The zero-order chi connectivity index (χ0) is 20.8. The number of carbonyl (C=O) groups excluding carboxylic acids is 2. The van der Waals surface area contributed by atoms with E-state index in [1.165, 1.54) is 4.90 Å². The van der Waals surface area contributed by atoms with E-state index in [1.807, 2.05) is 56.3 Å². The van der Waals surface area contributed by atoms with Gasteiger partial charge in [0.1, 0.15) is 17.2 Å². The number of benzene rings is 2. The van der Waals surface area contributed by atoms with Gasteiger partial charge in [0.25, 0.3) is 11.8 Å². The summed E-state index contributed by atoms with van der Waals surface area (Å²) in [5.41, 5.74) is 2.00. The molecular weight excluding hydrogens is 368 g/mol. The lowest BCUT2D eigenvalue weighted by molar-refractivity contribution is -0.136. The van der Waals surface area contributed by atoms with Gasteiger partial charge in [-0.3, -0.25) is 14.5 Å². The third-order valence-corrected chi connectivity index (χ3v) is 4.57. The summed E-state index contributed by atoms with van der Waals surface area (Å²) in [7, 11) is 1.58.